The SMILES string of the molecule is c1ccc(SN2CC2)cc1. The quantitative estimate of drug-likeness (QED) is 0.470. The number of hydrogen-bond donors (Lipinski definition) is 0. The average Bonchev–Trinajstić information content (AvgIpc) is 2.74. The summed E-state index contributed by atoms with van der Waals surface area (Å²) in [7, 11) is 0. The minimum absolute atomic E-state index is 1.25. The van der Waals surface area contributed by atoms with Crippen LogP contribution in [0.4, 0.5) is 0 Å². The van der Waals surface area contributed by atoms with Gasteiger partial charge in [0.25, 0.3) is 0 Å². The van der Waals surface area contributed by atoms with E-state index in [0.29, 0.717) is 0 Å². The minimum Gasteiger partial charge on any atom is -0.244 e. The number of hydrogen-bond acceptors (Lipinski definition) is 2. The van der Waals surface area contributed by atoms with Gasteiger partial charge in [-0.1, -0.05) is 18.2 Å². The van der Waals surface area contributed by atoms with Crippen molar-refractivity contribution >= 4 is 11.9 Å². The second kappa shape index (κ2) is 2.64. The van der Waals surface area contributed by atoms with Crippen LogP contribution in [0.25, 0.3) is 0 Å². The van der Waals surface area contributed by atoms with Crippen molar-refractivity contribution in [3.05, 3.63) is 30.3 Å². The molecule has 1 fully saturated rings. The van der Waals surface area contributed by atoms with Gasteiger partial charge in [-0.15, -0.1) is 0 Å². The molecule has 0 unspecified atom stereocenters. The van der Waals surface area contributed by atoms with Gasteiger partial charge in [0.1, 0.15) is 0 Å². The lowest BCUT2D eigenvalue weighted by Crippen LogP contribution is -1.78. The highest BCUT2D eigenvalue weighted by Gasteiger charge is 2.17. The van der Waals surface area contributed by atoms with E-state index in [1.165, 1.54) is 18.0 Å². The highest BCUT2D eigenvalue weighted by atomic mass is 32.2. The standard InChI is InChI=1S/C8H9NS/c1-2-4-8(5-3-1)10-9-6-7-9/h1-5H,6-7H2. The molecule has 0 atom stereocenters. The summed E-state index contributed by atoms with van der Waals surface area (Å²) in [5, 5.41) is 0. The lowest BCUT2D eigenvalue weighted by molar-refractivity contribution is 0.950. The first-order valence-electron chi connectivity index (χ1n) is 3.43. The molecular weight excluding hydrogens is 142 g/mol. The van der Waals surface area contributed by atoms with Crippen LogP contribution in [0, 0.1) is 0 Å². The fourth-order valence-corrected chi connectivity index (χ4v) is 1.60. The smallest absolute Gasteiger partial charge is 0.0231 e. The molecule has 1 aromatic carbocycles. The fraction of sp³-hybridized carbons (Fsp3) is 0.250. The number of nitrogens with zero attached hydrogens (tertiary/aromatic N) is 1. The van der Waals surface area contributed by atoms with Crippen LogP contribution in [0.3, 0.4) is 0 Å². The molecule has 1 saturated heterocycles. The molecule has 2 heteroatoms. The van der Waals surface area contributed by atoms with Gasteiger partial charge in [-0.2, -0.15) is 0 Å². The first kappa shape index (κ1) is 6.25. The summed E-state index contributed by atoms with van der Waals surface area (Å²) >= 11 is 1.84. The number of rotatable bonds is 2. The van der Waals surface area contributed by atoms with Gasteiger partial charge >= 0.3 is 0 Å². The van der Waals surface area contributed by atoms with E-state index < -0.39 is 0 Å². The molecule has 0 bridgehead atoms. The van der Waals surface area contributed by atoms with E-state index in [4.69, 9.17) is 0 Å². The predicted molar refractivity (Wildman–Crippen MR) is 43.9 cm³/mol. The first-order chi connectivity index (χ1) is 4.95. The molecule has 1 nitrogen and oxygen atoms in total. The molecule has 0 amide bonds. The lowest BCUT2D eigenvalue weighted by atomic mass is 10.4. The zero-order chi connectivity index (χ0) is 6.81. The van der Waals surface area contributed by atoms with Crippen LogP contribution in [0.2, 0.25) is 0 Å². The fourth-order valence-electron chi connectivity index (χ4n) is 0.763. The van der Waals surface area contributed by atoms with E-state index in [1.54, 1.807) is 0 Å². The topological polar surface area (TPSA) is 3.01 Å². The maximum atomic E-state index is 2.33. The van der Waals surface area contributed by atoms with Crippen molar-refractivity contribution < 1.29 is 0 Å². The summed E-state index contributed by atoms with van der Waals surface area (Å²) in [6.07, 6.45) is 0. The van der Waals surface area contributed by atoms with E-state index in [1.807, 2.05) is 18.0 Å². The van der Waals surface area contributed by atoms with E-state index in [0.717, 1.165) is 0 Å². The van der Waals surface area contributed by atoms with Crippen molar-refractivity contribution in [2.45, 2.75) is 4.90 Å². The third-order valence-electron chi connectivity index (χ3n) is 1.38. The third kappa shape index (κ3) is 1.52. The Balaban J connectivity index is 2.03. The van der Waals surface area contributed by atoms with Gasteiger partial charge in [-0.05, 0) is 24.1 Å². The molecule has 1 aliphatic rings. The Hall–Kier alpha value is -0.470. The Morgan fingerprint density at radius 3 is 2.40 bits per heavy atom. The van der Waals surface area contributed by atoms with E-state index in [9.17, 15) is 0 Å². The molecule has 10 heavy (non-hydrogen) atoms. The highest BCUT2D eigenvalue weighted by molar-refractivity contribution is 7.97. The highest BCUT2D eigenvalue weighted by Crippen LogP contribution is 2.27. The van der Waals surface area contributed by atoms with Crippen LogP contribution in [0.15, 0.2) is 35.2 Å². The van der Waals surface area contributed by atoms with Crippen molar-refractivity contribution in [1.29, 1.82) is 0 Å². The third-order valence-corrected chi connectivity index (χ3v) is 2.49. The van der Waals surface area contributed by atoms with Crippen molar-refractivity contribution in [2.24, 2.45) is 0 Å². The monoisotopic (exact) mass is 151 g/mol. The summed E-state index contributed by atoms with van der Waals surface area (Å²) in [5.41, 5.74) is 0. The Morgan fingerprint density at radius 2 is 1.80 bits per heavy atom. The van der Waals surface area contributed by atoms with Gasteiger partial charge < -0.3 is 0 Å². The summed E-state index contributed by atoms with van der Waals surface area (Å²) < 4.78 is 2.33. The molecule has 0 radical (unpaired) electrons. The van der Waals surface area contributed by atoms with Crippen LogP contribution >= 0.6 is 11.9 Å². The summed E-state index contributed by atoms with van der Waals surface area (Å²) in [6, 6.07) is 10.5. The van der Waals surface area contributed by atoms with E-state index >= 15 is 0 Å². The average molecular weight is 151 g/mol. The van der Waals surface area contributed by atoms with Crippen molar-refractivity contribution in [2.75, 3.05) is 13.1 Å². The van der Waals surface area contributed by atoms with Gasteiger partial charge in [0.15, 0.2) is 0 Å². The Morgan fingerprint density at radius 1 is 1.10 bits per heavy atom. The molecule has 0 aromatic heterocycles. The Bertz CT molecular complexity index is 206. The van der Waals surface area contributed by atoms with Crippen LogP contribution in [-0.4, -0.2) is 17.4 Å². The van der Waals surface area contributed by atoms with Crippen LogP contribution in [0.1, 0.15) is 0 Å². The zero-order valence-electron chi connectivity index (χ0n) is 5.66. The van der Waals surface area contributed by atoms with Gasteiger partial charge in [-0.3, -0.25) is 0 Å². The minimum atomic E-state index is 1.25. The molecular formula is C8H9NS. The van der Waals surface area contributed by atoms with Crippen molar-refractivity contribution in [3.63, 3.8) is 0 Å². The molecule has 0 aliphatic carbocycles. The zero-order valence-corrected chi connectivity index (χ0v) is 6.47. The molecule has 52 valence electrons. The molecule has 0 N–H and O–H groups in total. The molecule has 0 spiro atoms. The summed E-state index contributed by atoms with van der Waals surface area (Å²) in [4.78, 5) is 1.35. The normalized spacial score (nSPS) is 17.2. The number of benzene rings is 1. The molecule has 1 heterocycles. The second-order valence-electron chi connectivity index (χ2n) is 2.33. The van der Waals surface area contributed by atoms with Gasteiger partial charge in [0.2, 0.25) is 0 Å². The Kier molecular flexibility index (Phi) is 1.65. The maximum Gasteiger partial charge on any atom is 0.0231 e. The Labute approximate surface area is 65.2 Å². The van der Waals surface area contributed by atoms with Crippen molar-refractivity contribution in [3.8, 4) is 0 Å². The molecule has 2 rings (SSSR count). The largest absolute Gasteiger partial charge is 0.244 e. The van der Waals surface area contributed by atoms with Gasteiger partial charge in [0, 0.05) is 18.0 Å². The van der Waals surface area contributed by atoms with E-state index in [2.05, 4.69) is 28.6 Å². The van der Waals surface area contributed by atoms with Crippen molar-refractivity contribution in [1.82, 2.24) is 4.31 Å². The first-order valence-corrected chi connectivity index (χ1v) is 4.20. The van der Waals surface area contributed by atoms with Crippen LogP contribution < -0.4 is 0 Å². The second-order valence-corrected chi connectivity index (χ2v) is 3.50. The molecule has 1 aliphatic heterocycles. The lowest BCUT2D eigenvalue weighted by Gasteiger charge is -1.97. The van der Waals surface area contributed by atoms with Crippen LogP contribution in [0.5, 0.6) is 0 Å². The predicted octanol–water partition coefficient (Wildman–Crippen LogP) is 2.01. The summed E-state index contributed by atoms with van der Waals surface area (Å²) in [6.45, 7) is 2.50. The molecule has 1 aromatic rings. The maximum absolute atomic E-state index is 2.33. The van der Waals surface area contributed by atoms with E-state index in [-0.39, 0.29) is 0 Å². The van der Waals surface area contributed by atoms with Gasteiger partial charge in [-0.25, -0.2) is 4.31 Å². The molecule has 0 saturated carbocycles. The summed E-state index contributed by atoms with van der Waals surface area (Å²) in [5.74, 6) is 0. The van der Waals surface area contributed by atoms with Gasteiger partial charge in [0.05, 0.1) is 0 Å². The van der Waals surface area contributed by atoms with Crippen LogP contribution in [-0.2, 0) is 0 Å².